The Hall–Kier alpha value is -1.26. The highest BCUT2D eigenvalue weighted by atomic mass is 31.0. The van der Waals surface area contributed by atoms with E-state index in [-0.39, 0.29) is 0 Å². The summed E-state index contributed by atoms with van der Waals surface area (Å²) < 4.78 is 2.09. The van der Waals surface area contributed by atoms with Crippen LogP contribution in [0.3, 0.4) is 0 Å². The standard InChI is InChI=1S/C11H17N6P/c12-9-8-10(15-5-14-9)17(6-16-8)4-11(1-2-11)3-13-7-18/h5-6,13H,1-4,7,18H2,(H2,12,14,15). The molecule has 0 amide bonds. The van der Waals surface area contributed by atoms with Gasteiger partial charge < -0.3 is 15.6 Å². The van der Waals surface area contributed by atoms with Crippen molar-refractivity contribution >= 4 is 26.2 Å². The van der Waals surface area contributed by atoms with Gasteiger partial charge in [-0.05, 0) is 12.8 Å². The monoisotopic (exact) mass is 264 g/mol. The van der Waals surface area contributed by atoms with Crippen molar-refractivity contribution in [1.29, 1.82) is 0 Å². The number of rotatable bonds is 5. The molecule has 1 fully saturated rings. The van der Waals surface area contributed by atoms with E-state index in [1.807, 2.05) is 6.33 Å². The predicted octanol–water partition coefficient (Wildman–Crippen LogP) is 0.611. The third-order valence-electron chi connectivity index (χ3n) is 3.54. The number of hydrogen-bond acceptors (Lipinski definition) is 5. The van der Waals surface area contributed by atoms with Crippen LogP contribution in [0.25, 0.3) is 11.2 Å². The fourth-order valence-electron chi connectivity index (χ4n) is 2.28. The summed E-state index contributed by atoms with van der Waals surface area (Å²) in [5, 5.41) is 3.39. The molecule has 1 unspecified atom stereocenters. The molecule has 3 N–H and O–H groups in total. The molecule has 1 saturated carbocycles. The van der Waals surface area contributed by atoms with Gasteiger partial charge in [0.25, 0.3) is 0 Å². The summed E-state index contributed by atoms with van der Waals surface area (Å²) in [5.74, 6) is 0.451. The van der Waals surface area contributed by atoms with Crippen LogP contribution in [0.1, 0.15) is 12.8 Å². The third-order valence-corrected chi connectivity index (χ3v) is 3.83. The summed E-state index contributed by atoms with van der Waals surface area (Å²) in [6, 6.07) is 0. The van der Waals surface area contributed by atoms with Gasteiger partial charge in [0.2, 0.25) is 0 Å². The maximum absolute atomic E-state index is 5.79. The lowest BCUT2D eigenvalue weighted by Gasteiger charge is -2.16. The summed E-state index contributed by atoms with van der Waals surface area (Å²) in [4.78, 5) is 12.5. The lowest BCUT2D eigenvalue weighted by molar-refractivity contribution is 0.408. The van der Waals surface area contributed by atoms with Crippen molar-refractivity contribution in [3.8, 4) is 0 Å². The summed E-state index contributed by atoms with van der Waals surface area (Å²) in [5.41, 5.74) is 7.69. The SMILES string of the molecule is Nc1ncnc2c1ncn2CC1(CNCP)CC1. The Morgan fingerprint density at radius 2 is 2.22 bits per heavy atom. The van der Waals surface area contributed by atoms with Gasteiger partial charge in [-0.2, -0.15) is 0 Å². The molecule has 3 rings (SSSR count). The van der Waals surface area contributed by atoms with Gasteiger partial charge in [0.15, 0.2) is 11.5 Å². The van der Waals surface area contributed by atoms with Crippen molar-refractivity contribution in [1.82, 2.24) is 24.8 Å². The Bertz CT molecular complexity index is 562. The molecule has 1 aliphatic rings. The van der Waals surface area contributed by atoms with Crippen molar-refractivity contribution < 1.29 is 0 Å². The van der Waals surface area contributed by atoms with Crippen molar-refractivity contribution in [3.05, 3.63) is 12.7 Å². The molecular weight excluding hydrogens is 247 g/mol. The Labute approximate surface area is 108 Å². The Morgan fingerprint density at radius 3 is 2.94 bits per heavy atom. The number of hydrogen-bond donors (Lipinski definition) is 2. The van der Waals surface area contributed by atoms with Gasteiger partial charge in [-0.1, -0.05) is 0 Å². The second-order valence-electron chi connectivity index (χ2n) is 4.93. The molecule has 6 nitrogen and oxygen atoms in total. The fourth-order valence-corrected chi connectivity index (χ4v) is 2.43. The zero-order valence-corrected chi connectivity index (χ0v) is 11.3. The Balaban J connectivity index is 1.85. The number of nitrogens with one attached hydrogen (secondary N) is 1. The highest BCUT2D eigenvalue weighted by Crippen LogP contribution is 2.46. The maximum atomic E-state index is 5.79. The number of aromatic nitrogens is 4. The second-order valence-corrected chi connectivity index (χ2v) is 5.34. The van der Waals surface area contributed by atoms with Crippen LogP contribution in [-0.2, 0) is 6.54 Å². The van der Waals surface area contributed by atoms with Gasteiger partial charge in [-0.3, -0.25) is 0 Å². The highest BCUT2D eigenvalue weighted by molar-refractivity contribution is 7.16. The Kier molecular flexibility index (Phi) is 2.92. The number of imidazole rings is 1. The van der Waals surface area contributed by atoms with E-state index in [4.69, 9.17) is 5.73 Å². The second kappa shape index (κ2) is 4.44. The van der Waals surface area contributed by atoms with Gasteiger partial charge >= 0.3 is 0 Å². The van der Waals surface area contributed by atoms with E-state index in [1.54, 1.807) is 0 Å². The normalized spacial score (nSPS) is 17.2. The van der Waals surface area contributed by atoms with Gasteiger partial charge in [-0.15, -0.1) is 9.24 Å². The van der Waals surface area contributed by atoms with Gasteiger partial charge in [0, 0.05) is 24.8 Å². The minimum absolute atomic E-state index is 0.365. The molecule has 1 atom stereocenters. The van der Waals surface area contributed by atoms with E-state index in [2.05, 4.69) is 34.1 Å². The molecular formula is C11H17N6P. The maximum Gasteiger partial charge on any atom is 0.165 e. The first-order valence-corrected chi connectivity index (χ1v) is 6.88. The van der Waals surface area contributed by atoms with Crippen molar-refractivity contribution in [2.45, 2.75) is 19.4 Å². The van der Waals surface area contributed by atoms with E-state index in [0.717, 1.165) is 25.0 Å². The van der Waals surface area contributed by atoms with E-state index < -0.39 is 0 Å². The van der Waals surface area contributed by atoms with E-state index >= 15 is 0 Å². The van der Waals surface area contributed by atoms with Crippen LogP contribution in [0, 0.1) is 5.41 Å². The number of fused-ring (bicyclic) bond motifs is 1. The first-order chi connectivity index (χ1) is 8.74. The highest BCUT2D eigenvalue weighted by Gasteiger charge is 2.42. The van der Waals surface area contributed by atoms with Crippen LogP contribution in [0.5, 0.6) is 0 Å². The first-order valence-electron chi connectivity index (χ1n) is 6.06. The fraction of sp³-hybridized carbons (Fsp3) is 0.545. The summed E-state index contributed by atoms with van der Waals surface area (Å²) in [6.07, 6.45) is 6.75. The molecule has 0 saturated heterocycles. The minimum Gasteiger partial charge on any atom is -0.382 e. The molecule has 0 aliphatic heterocycles. The molecule has 7 heteroatoms. The molecule has 0 spiro atoms. The van der Waals surface area contributed by atoms with Crippen molar-refractivity contribution in [2.24, 2.45) is 5.41 Å². The van der Waals surface area contributed by atoms with Gasteiger partial charge in [-0.25, -0.2) is 15.0 Å². The average Bonchev–Trinajstić information content (AvgIpc) is 3.01. The molecule has 1 aliphatic carbocycles. The minimum atomic E-state index is 0.365. The third kappa shape index (κ3) is 2.06. The molecule has 96 valence electrons. The summed E-state index contributed by atoms with van der Waals surface area (Å²) >= 11 is 0. The zero-order valence-electron chi connectivity index (χ0n) is 10.1. The molecule has 18 heavy (non-hydrogen) atoms. The van der Waals surface area contributed by atoms with E-state index in [1.165, 1.54) is 19.2 Å². The average molecular weight is 264 g/mol. The lowest BCUT2D eigenvalue weighted by Crippen LogP contribution is -2.26. The molecule has 0 radical (unpaired) electrons. The molecule has 2 aromatic rings. The topological polar surface area (TPSA) is 81.7 Å². The van der Waals surface area contributed by atoms with Crippen LogP contribution in [0.4, 0.5) is 5.82 Å². The molecule has 0 aromatic carbocycles. The molecule has 0 bridgehead atoms. The van der Waals surface area contributed by atoms with Gasteiger partial charge in [0.1, 0.15) is 11.8 Å². The predicted molar refractivity (Wildman–Crippen MR) is 74.0 cm³/mol. The van der Waals surface area contributed by atoms with Crippen LogP contribution >= 0.6 is 9.24 Å². The first kappa shape index (κ1) is 11.8. The summed E-state index contributed by atoms with van der Waals surface area (Å²) in [6.45, 7) is 1.98. The number of anilines is 1. The quantitative estimate of drug-likeness (QED) is 0.773. The molecule has 2 heterocycles. The number of nitrogens with two attached hydrogens (primary N) is 1. The Morgan fingerprint density at radius 1 is 1.39 bits per heavy atom. The smallest absolute Gasteiger partial charge is 0.165 e. The van der Waals surface area contributed by atoms with Crippen LogP contribution in [0.2, 0.25) is 0 Å². The molecule has 2 aromatic heterocycles. The van der Waals surface area contributed by atoms with Crippen LogP contribution in [-0.4, -0.2) is 32.3 Å². The summed E-state index contributed by atoms with van der Waals surface area (Å²) in [7, 11) is 2.69. The number of nitrogen functional groups attached to an aromatic ring is 1. The van der Waals surface area contributed by atoms with Crippen LogP contribution in [0.15, 0.2) is 12.7 Å². The lowest BCUT2D eigenvalue weighted by atomic mass is 10.1. The van der Waals surface area contributed by atoms with Gasteiger partial charge in [0.05, 0.1) is 6.33 Å². The largest absolute Gasteiger partial charge is 0.382 e. The van der Waals surface area contributed by atoms with Crippen molar-refractivity contribution in [3.63, 3.8) is 0 Å². The zero-order chi connectivity index (χ0) is 12.6. The van der Waals surface area contributed by atoms with Crippen LogP contribution < -0.4 is 11.1 Å². The van der Waals surface area contributed by atoms with E-state index in [9.17, 15) is 0 Å². The number of nitrogens with zero attached hydrogens (tertiary/aromatic N) is 4. The van der Waals surface area contributed by atoms with Crippen molar-refractivity contribution in [2.75, 3.05) is 18.6 Å². The van der Waals surface area contributed by atoms with E-state index in [0.29, 0.717) is 16.7 Å².